The molecular weight excluding hydrogens is 398 g/mol. The number of benzene rings is 1. The van der Waals surface area contributed by atoms with E-state index in [0.717, 1.165) is 44.1 Å². The number of amides is 2. The van der Waals surface area contributed by atoms with Gasteiger partial charge in [-0.25, -0.2) is 0 Å². The maximum absolute atomic E-state index is 14.0. The Morgan fingerprint density at radius 2 is 1.63 bits per heavy atom. The molecule has 0 bridgehead atoms. The fourth-order valence-corrected chi connectivity index (χ4v) is 5.39. The summed E-state index contributed by atoms with van der Waals surface area (Å²) in [6.45, 7) is 0.920. The number of hydrogen-bond donors (Lipinski definition) is 1. The summed E-state index contributed by atoms with van der Waals surface area (Å²) in [7, 11) is 0. The molecule has 2 aromatic rings. The van der Waals surface area contributed by atoms with Crippen LogP contribution in [0.15, 0.2) is 48.7 Å². The number of likely N-dealkylation sites (tertiary alicyclic amines) is 1. The van der Waals surface area contributed by atoms with E-state index in [2.05, 4.69) is 4.98 Å². The van der Waals surface area contributed by atoms with Crippen molar-refractivity contribution in [1.29, 1.82) is 0 Å². The summed E-state index contributed by atoms with van der Waals surface area (Å²) >= 11 is 6.11. The van der Waals surface area contributed by atoms with Gasteiger partial charge in [0, 0.05) is 24.3 Å². The Hall–Kier alpha value is -2.40. The van der Waals surface area contributed by atoms with Gasteiger partial charge in [-0.05, 0) is 55.5 Å². The molecule has 2 heterocycles. The highest BCUT2D eigenvalue weighted by Gasteiger charge is 2.49. The molecule has 1 saturated carbocycles. The third-order valence-corrected chi connectivity index (χ3v) is 7.17. The zero-order chi connectivity index (χ0) is 21.2. The van der Waals surface area contributed by atoms with Crippen LogP contribution in [0, 0.1) is 0 Å². The van der Waals surface area contributed by atoms with Crippen LogP contribution in [0.3, 0.4) is 0 Å². The van der Waals surface area contributed by atoms with Crippen LogP contribution in [0.2, 0.25) is 5.02 Å². The van der Waals surface area contributed by atoms with Gasteiger partial charge in [-0.3, -0.25) is 14.6 Å². The fraction of sp³-hybridized carbons (Fsp3) is 0.458. The van der Waals surface area contributed by atoms with Gasteiger partial charge in [-0.2, -0.15) is 0 Å². The molecule has 0 spiro atoms. The minimum atomic E-state index is -0.939. The third kappa shape index (κ3) is 3.60. The van der Waals surface area contributed by atoms with Crippen molar-refractivity contribution in [2.24, 2.45) is 5.73 Å². The predicted molar refractivity (Wildman–Crippen MR) is 117 cm³/mol. The number of carbonyl (C=O) groups excluding carboxylic acids is 2. The predicted octanol–water partition coefficient (Wildman–Crippen LogP) is 3.98. The van der Waals surface area contributed by atoms with E-state index in [1.165, 1.54) is 0 Å². The van der Waals surface area contributed by atoms with Crippen molar-refractivity contribution in [2.75, 3.05) is 13.1 Å². The molecule has 2 aliphatic rings. The molecule has 2 N–H and O–H groups in total. The van der Waals surface area contributed by atoms with Gasteiger partial charge >= 0.3 is 0 Å². The Bertz CT molecular complexity index is 910. The van der Waals surface area contributed by atoms with E-state index >= 15 is 0 Å². The van der Waals surface area contributed by atoms with Crippen molar-refractivity contribution in [3.63, 3.8) is 0 Å². The molecule has 158 valence electrons. The Kier molecular flexibility index (Phi) is 5.83. The van der Waals surface area contributed by atoms with Gasteiger partial charge in [-0.15, -0.1) is 0 Å². The topological polar surface area (TPSA) is 76.3 Å². The molecule has 4 rings (SSSR count). The summed E-state index contributed by atoms with van der Waals surface area (Å²) in [4.78, 5) is 33.0. The Morgan fingerprint density at radius 3 is 2.27 bits per heavy atom. The largest absolute Gasteiger partial charge is 0.369 e. The van der Waals surface area contributed by atoms with Crippen LogP contribution in [-0.4, -0.2) is 34.8 Å². The average Bonchev–Trinajstić information content (AvgIpc) is 2.80. The van der Waals surface area contributed by atoms with Gasteiger partial charge in [0.15, 0.2) is 0 Å². The molecule has 0 radical (unpaired) electrons. The lowest BCUT2D eigenvalue weighted by atomic mass is 9.67. The van der Waals surface area contributed by atoms with Crippen molar-refractivity contribution in [3.8, 4) is 0 Å². The van der Waals surface area contributed by atoms with Gasteiger partial charge in [0.25, 0.3) is 0 Å². The summed E-state index contributed by atoms with van der Waals surface area (Å²) in [5.74, 6) is -0.311. The normalized spacial score (nSPS) is 23.7. The second-order valence-electron chi connectivity index (χ2n) is 8.64. The van der Waals surface area contributed by atoms with E-state index < -0.39 is 16.7 Å². The molecule has 0 unspecified atom stereocenters. The van der Waals surface area contributed by atoms with Crippen LogP contribution in [0.5, 0.6) is 0 Å². The van der Waals surface area contributed by atoms with Gasteiger partial charge in [0.2, 0.25) is 11.8 Å². The second kappa shape index (κ2) is 8.38. The number of carbonyl (C=O) groups is 2. The molecule has 6 heteroatoms. The first kappa shape index (κ1) is 20.9. The Morgan fingerprint density at radius 1 is 0.933 bits per heavy atom. The summed E-state index contributed by atoms with van der Waals surface area (Å²) in [5.41, 5.74) is 6.07. The SMILES string of the molecule is NC(=O)[C@@]1(c2ccccn2)CCCN(C(=O)C2(c3ccc(Cl)cc3)CCCCC2)C1. The van der Waals surface area contributed by atoms with Gasteiger partial charge in [0.05, 0.1) is 11.1 Å². The number of pyridine rings is 1. The molecule has 1 aliphatic heterocycles. The molecule has 30 heavy (non-hydrogen) atoms. The zero-order valence-electron chi connectivity index (χ0n) is 17.1. The van der Waals surface area contributed by atoms with Crippen LogP contribution in [0.4, 0.5) is 0 Å². The Balaban J connectivity index is 1.70. The molecule has 1 atom stereocenters. The van der Waals surface area contributed by atoms with Crippen LogP contribution < -0.4 is 5.73 Å². The van der Waals surface area contributed by atoms with Gasteiger partial charge in [0.1, 0.15) is 5.41 Å². The fourth-order valence-electron chi connectivity index (χ4n) is 5.26. The molecule has 1 saturated heterocycles. The Labute approximate surface area is 182 Å². The summed E-state index contributed by atoms with van der Waals surface area (Å²) < 4.78 is 0. The maximum atomic E-state index is 14.0. The molecule has 2 amide bonds. The van der Waals surface area contributed by atoms with E-state index in [1.54, 1.807) is 6.20 Å². The second-order valence-corrected chi connectivity index (χ2v) is 9.08. The number of hydrogen-bond acceptors (Lipinski definition) is 3. The van der Waals surface area contributed by atoms with Crippen molar-refractivity contribution in [3.05, 3.63) is 64.9 Å². The van der Waals surface area contributed by atoms with E-state index in [0.29, 0.717) is 23.7 Å². The number of halogens is 1. The monoisotopic (exact) mass is 425 g/mol. The van der Waals surface area contributed by atoms with Crippen LogP contribution in [-0.2, 0) is 20.4 Å². The number of nitrogens with two attached hydrogens (primary N) is 1. The molecule has 5 nitrogen and oxygen atoms in total. The number of piperidine rings is 1. The summed E-state index contributed by atoms with van der Waals surface area (Å²) in [5, 5.41) is 0.665. The van der Waals surface area contributed by atoms with Crippen molar-refractivity contribution in [1.82, 2.24) is 9.88 Å². The first-order chi connectivity index (χ1) is 14.5. The van der Waals surface area contributed by atoms with E-state index in [9.17, 15) is 9.59 Å². The minimum absolute atomic E-state index is 0.103. The molecular formula is C24H28ClN3O2. The van der Waals surface area contributed by atoms with Gasteiger partial charge in [-0.1, -0.05) is 49.1 Å². The zero-order valence-corrected chi connectivity index (χ0v) is 17.9. The molecule has 1 aliphatic carbocycles. The number of aromatic nitrogens is 1. The third-order valence-electron chi connectivity index (χ3n) is 6.92. The van der Waals surface area contributed by atoms with Crippen LogP contribution in [0.25, 0.3) is 0 Å². The summed E-state index contributed by atoms with van der Waals surface area (Å²) in [6.07, 6.45) is 7.82. The molecule has 1 aromatic carbocycles. The highest BCUT2D eigenvalue weighted by Crippen LogP contribution is 2.43. The molecule has 2 fully saturated rings. The maximum Gasteiger partial charge on any atom is 0.233 e. The standard InChI is InChI=1S/C24H28ClN3O2/c25-19-10-8-18(9-11-19)23(12-3-1-4-13-23)22(30)28-16-6-14-24(17-28,21(26)29)20-7-2-5-15-27-20/h2,5,7-11,15H,1,3-4,6,12-14,16-17H2,(H2,26,29)/t24-/m0/s1. The number of rotatable bonds is 4. The van der Waals surface area contributed by atoms with E-state index in [-0.39, 0.29) is 12.5 Å². The summed E-state index contributed by atoms with van der Waals surface area (Å²) in [6, 6.07) is 13.2. The quantitative estimate of drug-likeness (QED) is 0.804. The van der Waals surface area contributed by atoms with Crippen molar-refractivity contribution in [2.45, 2.75) is 55.8 Å². The smallest absolute Gasteiger partial charge is 0.233 e. The van der Waals surface area contributed by atoms with Crippen molar-refractivity contribution >= 4 is 23.4 Å². The minimum Gasteiger partial charge on any atom is -0.369 e. The van der Waals surface area contributed by atoms with E-state index in [4.69, 9.17) is 17.3 Å². The average molecular weight is 426 g/mol. The van der Waals surface area contributed by atoms with Crippen LogP contribution in [0.1, 0.15) is 56.2 Å². The van der Waals surface area contributed by atoms with E-state index in [1.807, 2.05) is 47.4 Å². The van der Waals surface area contributed by atoms with Crippen LogP contribution >= 0.6 is 11.6 Å². The molecule has 1 aromatic heterocycles. The highest BCUT2D eigenvalue weighted by atomic mass is 35.5. The lowest BCUT2D eigenvalue weighted by molar-refractivity contribution is -0.143. The lowest BCUT2D eigenvalue weighted by Gasteiger charge is -2.46. The first-order valence-electron chi connectivity index (χ1n) is 10.7. The van der Waals surface area contributed by atoms with Crippen molar-refractivity contribution < 1.29 is 9.59 Å². The van der Waals surface area contributed by atoms with Gasteiger partial charge < -0.3 is 10.6 Å². The number of nitrogens with zero attached hydrogens (tertiary/aromatic N) is 2. The number of primary amides is 1. The lowest BCUT2D eigenvalue weighted by Crippen LogP contribution is -2.59. The first-order valence-corrected chi connectivity index (χ1v) is 11.1. The highest BCUT2D eigenvalue weighted by molar-refractivity contribution is 6.30.